The third-order valence-corrected chi connectivity index (χ3v) is 5.67. The molecule has 1 atom stereocenters. The van der Waals surface area contributed by atoms with Crippen molar-refractivity contribution < 1.29 is 0 Å². The molecule has 1 aromatic heterocycles. The first-order chi connectivity index (χ1) is 10.7. The number of hydrogen-bond acceptors (Lipinski definition) is 4. The van der Waals surface area contributed by atoms with Crippen molar-refractivity contribution in [3.63, 3.8) is 0 Å². The first-order valence-electron chi connectivity index (χ1n) is 8.90. The van der Waals surface area contributed by atoms with E-state index in [-0.39, 0.29) is 0 Å². The van der Waals surface area contributed by atoms with Crippen molar-refractivity contribution in [2.75, 3.05) is 46.3 Å². The molecule has 0 amide bonds. The molecule has 0 N–H and O–H groups in total. The van der Waals surface area contributed by atoms with E-state index in [1.807, 2.05) is 0 Å². The Morgan fingerprint density at radius 1 is 1.09 bits per heavy atom. The van der Waals surface area contributed by atoms with Gasteiger partial charge in [0.05, 0.1) is 11.7 Å². The number of nitrogens with zero attached hydrogens (tertiary/aromatic N) is 5. The third-order valence-electron chi connectivity index (χ3n) is 5.67. The molecule has 122 valence electrons. The molecule has 2 fully saturated rings. The Balaban J connectivity index is 1.43. The van der Waals surface area contributed by atoms with Crippen molar-refractivity contribution in [1.29, 1.82) is 0 Å². The van der Waals surface area contributed by atoms with Crippen molar-refractivity contribution >= 4 is 0 Å². The van der Waals surface area contributed by atoms with Crippen LogP contribution in [0.2, 0.25) is 0 Å². The van der Waals surface area contributed by atoms with E-state index in [9.17, 15) is 0 Å². The zero-order valence-electron chi connectivity index (χ0n) is 14.0. The van der Waals surface area contributed by atoms with Crippen molar-refractivity contribution in [3.05, 3.63) is 17.7 Å². The summed E-state index contributed by atoms with van der Waals surface area (Å²) in [7, 11) is 2.22. The second-order valence-electron chi connectivity index (χ2n) is 7.45. The van der Waals surface area contributed by atoms with E-state index in [0.717, 1.165) is 19.0 Å². The fourth-order valence-corrected chi connectivity index (χ4v) is 3.85. The lowest BCUT2D eigenvalue weighted by Crippen LogP contribution is -2.44. The largest absolute Gasteiger partial charge is 0.328 e. The van der Waals surface area contributed by atoms with E-state index >= 15 is 0 Å². The van der Waals surface area contributed by atoms with Crippen LogP contribution in [0.4, 0.5) is 0 Å². The molecule has 5 nitrogen and oxygen atoms in total. The lowest BCUT2D eigenvalue weighted by molar-refractivity contribution is 0.137. The molecule has 22 heavy (non-hydrogen) atoms. The quantitative estimate of drug-likeness (QED) is 0.841. The summed E-state index contributed by atoms with van der Waals surface area (Å²) in [4.78, 5) is 12.4. The predicted octanol–water partition coefficient (Wildman–Crippen LogP) is 1.42. The highest BCUT2D eigenvalue weighted by Crippen LogP contribution is 2.34. The molecule has 4 rings (SSSR count). The maximum Gasteiger partial charge on any atom is 0.126 e. The molecule has 0 spiro atoms. The molecule has 3 heterocycles. The average molecular weight is 303 g/mol. The van der Waals surface area contributed by atoms with Crippen LogP contribution in [0, 0.1) is 5.92 Å². The van der Waals surface area contributed by atoms with Gasteiger partial charge in [-0.05, 0) is 32.7 Å². The highest BCUT2D eigenvalue weighted by molar-refractivity contribution is 5.11. The molecular weight excluding hydrogens is 274 g/mol. The van der Waals surface area contributed by atoms with E-state index in [1.54, 1.807) is 0 Å². The van der Waals surface area contributed by atoms with Crippen LogP contribution in [0.15, 0.2) is 6.20 Å². The highest BCUT2D eigenvalue weighted by Gasteiger charge is 2.32. The third kappa shape index (κ3) is 2.94. The van der Waals surface area contributed by atoms with Crippen LogP contribution >= 0.6 is 0 Å². The molecule has 1 saturated heterocycles. The Hall–Kier alpha value is -0.910. The SMILES string of the molecule is CC1c2ncc(CN3CCN(C)CC3)n2CCN1CC1CC1. The maximum atomic E-state index is 4.78. The standard InChI is InChI=1S/C17H29N5/c1-14-17-18-11-16(13-20-7-5-19(2)6-8-20)22(17)10-9-21(14)12-15-3-4-15/h11,14-15H,3-10,12-13H2,1-2H3. The Morgan fingerprint density at radius 2 is 1.86 bits per heavy atom. The van der Waals surface area contributed by atoms with E-state index in [1.165, 1.54) is 63.6 Å². The normalized spacial score (nSPS) is 28.0. The topological polar surface area (TPSA) is 27.5 Å². The van der Waals surface area contributed by atoms with Gasteiger partial charge in [0.2, 0.25) is 0 Å². The molecule has 0 radical (unpaired) electrons. The first kappa shape index (κ1) is 14.7. The van der Waals surface area contributed by atoms with Crippen LogP contribution < -0.4 is 0 Å². The summed E-state index contributed by atoms with van der Waals surface area (Å²) < 4.78 is 2.49. The lowest BCUT2D eigenvalue weighted by atomic mass is 10.2. The van der Waals surface area contributed by atoms with Gasteiger partial charge < -0.3 is 9.47 Å². The van der Waals surface area contributed by atoms with Crippen molar-refractivity contribution in [2.45, 2.75) is 38.9 Å². The number of likely N-dealkylation sites (N-methyl/N-ethyl adjacent to an activating group) is 1. The summed E-state index contributed by atoms with van der Waals surface area (Å²) >= 11 is 0. The van der Waals surface area contributed by atoms with E-state index in [0.29, 0.717) is 6.04 Å². The van der Waals surface area contributed by atoms with Gasteiger partial charge in [-0.2, -0.15) is 0 Å². The number of hydrogen-bond donors (Lipinski definition) is 0. The van der Waals surface area contributed by atoms with Gasteiger partial charge in [0.1, 0.15) is 5.82 Å². The Labute approximate surface area is 133 Å². The minimum absolute atomic E-state index is 0.482. The van der Waals surface area contributed by atoms with Gasteiger partial charge >= 0.3 is 0 Å². The fourth-order valence-electron chi connectivity index (χ4n) is 3.85. The maximum absolute atomic E-state index is 4.78. The van der Waals surface area contributed by atoms with Gasteiger partial charge in [0, 0.05) is 58.6 Å². The van der Waals surface area contributed by atoms with Crippen LogP contribution in [0.3, 0.4) is 0 Å². The minimum Gasteiger partial charge on any atom is -0.328 e. The van der Waals surface area contributed by atoms with Crippen molar-refractivity contribution in [1.82, 2.24) is 24.3 Å². The van der Waals surface area contributed by atoms with E-state index < -0.39 is 0 Å². The summed E-state index contributed by atoms with van der Waals surface area (Å²) in [6.45, 7) is 11.7. The molecule has 1 aromatic rings. The van der Waals surface area contributed by atoms with Gasteiger partial charge in [-0.1, -0.05) is 0 Å². The van der Waals surface area contributed by atoms with Crippen LogP contribution in [0.25, 0.3) is 0 Å². The van der Waals surface area contributed by atoms with E-state index in [4.69, 9.17) is 4.98 Å². The molecule has 2 aliphatic heterocycles. The smallest absolute Gasteiger partial charge is 0.126 e. The zero-order valence-corrected chi connectivity index (χ0v) is 14.0. The molecule has 1 aliphatic carbocycles. The van der Waals surface area contributed by atoms with Crippen LogP contribution in [0.1, 0.15) is 37.3 Å². The van der Waals surface area contributed by atoms with Crippen molar-refractivity contribution in [3.8, 4) is 0 Å². The van der Waals surface area contributed by atoms with Crippen molar-refractivity contribution in [2.24, 2.45) is 5.92 Å². The molecule has 3 aliphatic rings. The molecule has 5 heteroatoms. The molecular formula is C17H29N5. The molecule has 0 aromatic carbocycles. The molecule has 0 bridgehead atoms. The Kier molecular flexibility index (Phi) is 3.96. The Morgan fingerprint density at radius 3 is 2.59 bits per heavy atom. The summed E-state index contributed by atoms with van der Waals surface area (Å²) in [5, 5.41) is 0. The van der Waals surface area contributed by atoms with Crippen LogP contribution in [-0.4, -0.2) is 70.6 Å². The van der Waals surface area contributed by atoms with Crippen LogP contribution in [0.5, 0.6) is 0 Å². The van der Waals surface area contributed by atoms with Gasteiger partial charge in [0.15, 0.2) is 0 Å². The molecule has 1 saturated carbocycles. The summed E-state index contributed by atoms with van der Waals surface area (Å²) in [5.41, 5.74) is 1.41. The summed E-state index contributed by atoms with van der Waals surface area (Å²) in [5.74, 6) is 2.25. The Bertz CT molecular complexity index is 513. The number of rotatable bonds is 4. The van der Waals surface area contributed by atoms with Gasteiger partial charge in [0.25, 0.3) is 0 Å². The predicted molar refractivity (Wildman–Crippen MR) is 87.7 cm³/mol. The average Bonchev–Trinajstić information content (AvgIpc) is 3.24. The van der Waals surface area contributed by atoms with Gasteiger partial charge in [-0.25, -0.2) is 4.98 Å². The second-order valence-corrected chi connectivity index (χ2v) is 7.45. The first-order valence-corrected chi connectivity index (χ1v) is 8.90. The monoisotopic (exact) mass is 303 g/mol. The second kappa shape index (κ2) is 5.95. The minimum atomic E-state index is 0.482. The van der Waals surface area contributed by atoms with Crippen LogP contribution in [-0.2, 0) is 13.1 Å². The zero-order chi connectivity index (χ0) is 15.1. The summed E-state index contributed by atoms with van der Waals surface area (Å²) in [6, 6.07) is 0.482. The lowest BCUT2D eigenvalue weighted by Gasteiger charge is -2.36. The number of aromatic nitrogens is 2. The number of imidazole rings is 1. The van der Waals surface area contributed by atoms with Gasteiger partial charge in [-0.3, -0.25) is 9.80 Å². The molecule has 1 unspecified atom stereocenters. The fraction of sp³-hybridized carbons (Fsp3) is 0.824. The highest BCUT2D eigenvalue weighted by atomic mass is 15.3. The number of fused-ring (bicyclic) bond motifs is 1. The summed E-state index contributed by atoms with van der Waals surface area (Å²) in [6.07, 6.45) is 5.00. The van der Waals surface area contributed by atoms with E-state index in [2.05, 4.69) is 39.4 Å². The van der Waals surface area contributed by atoms with Gasteiger partial charge in [-0.15, -0.1) is 0 Å². The number of piperazine rings is 1.